The van der Waals surface area contributed by atoms with Gasteiger partial charge in [-0.15, -0.1) is 0 Å². The third kappa shape index (κ3) is 3.23. The van der Waals surface area contributed by atoms with Crippen LogP contribution in [0.3, 0.4) is 0 Å². The lowest BCUT2D eigenvalue weighted by Gasteiger charge is -2.19. The summed E-state index contributed by atoms with van der Waals surface area (Å²) in [4.78, 5) is 0. The molecule has 6 nitrogen and oxygen atoms in total. The highest BCUT2D eigenvalue weighted by Gasteiger charge is 2.30. The van der Waals surface area contributed by atoms with Crippen molar-refractivity contribution in [3.8, 4) is 0 Å². The van der Waals surface area contributed by atoms with E-state index in [1.807, 2.05) is 28.8 Å². The summed E-state index contributed by atoms with van der Waals surface area (Å²) in [5.41, 5.74) is 2.42. The van der Waals surface area contributed by atoms with Gasteiger partial charge in [-0.1, -0.05) is 0 Å². The monoisotopic (exact) mass is 303 g/mol. The van der Waals surface area contributed by atoms with Crippen LogP contribution in [0.5, 0.6) is 0 Å². The van der Waals surface area contributed by atoms with Crippen LogP contribution in [0.2, 0.25) is 0 Å². The van der Waals surface area contributed by atoms with Gasteiger partial charge in [0.15, 0.2) is 0 Å². The molecule has 22 heavy (non-hydrogen) atoms. The lowest BCUT2D eigenvalue weighted by atomic mass is 10.1. The molecule has 0 unspecified atom stereocenters. The van der Waals surface area contributed by atoms with Gasteiger partial charge in [0, 0.05) is 62.4 Å². The van der Waals surface area contributed by atoms with E-state index in [1.54, 1.807) is 0 Å². The Morgan fingerprint density at radius 2 is 2.27 bits per heavy atom. The highest BCUT2D eigenvalue weighted by Crippen LogP contribution is 2.29. The van der Waals surface area contributed by atoms with Crippen LogP contribution < -0.4 is 5.32 Å². The van der Waals surface area contributed by atoms with Crippen molar-refractivity contribution in [1.82, 2.24) is 24.9 Å². The summed E-state index contributed by atoms with van der Waals surface area (Å²) in [5.74, 6) is 0. The molecule has 0 radical (unpaired) electrons. The second-order valence-corrected chi connectivity index (χ2v) is 6.18. The maximum absolute atomic E-state index is 5.92. The molecule has 1 fully saturated rings. The van der Waals surface area contributed by atoms with E-state index in [-0.39, 0.29) is 6.10 Å². The Morgan fingerprint density at radius 1 is 1.41 bits per heavy atom. The number of hydrogen-bond donors (Lipinski definition) is 1. The Balaban J connectivity index is 1.57. The first-order valence-electron chi connectivity index (χ1n) is 8.01. The fraction of sp³-hybridized carbons (Fsp3) is 0.625. The van der Waals surface area contributed by atoms with Gasteiger partial charge in [-0.3, -0.25) is 9.36 Å². The summed E-state index contributed by atoms with van der Waals surface area (Å²) < 4.78 is 9.84. The average molecular weight is 303 g/mol. The summed E-state index contributed by atoms with van der Waals surface area (Å²) >= 11 is 0. The zero-order chi connectivity index (χ0) is 15.5. The van der Waals surface area contributed by atoms with E-state index in [1.165, 1.54) is 11.3 Å². The van der Waals surface area contributed by atoms with Crippen molar-refractivity contribution in [3.05, 3.63) is 35.9 Å². The van der Waals surface area contributed by atoms with Gasteiger partial charge in [0.1, 0.15) is 6.10 Å². The predicted molar refractivity (Wildman–Crippen MR) is 84.6 cm³/mol. The zero-order valence-electron chi connectivity index (χ0n) is 13.6. The van der Waals surface area contributed by atoms with Crippen LogP contribution in [-0.4, -0.2) is 38.8 Å². The first-order valence-corrected chi connectivity index (χ1v) is 8.01. The van der Waals surface area contributed by atoms with E-state index >= 15 is 0 Å². The van der Waals surface area contributed by atoms with Gasteiger partial charge in [0.25, 0.3) is 0 Å². The van der Waals surface area contributed by atoms with E-state index < -0.39 is 0 Å². The topological polar surface area (TPSA) is 56.9 Å². The van der Waals surface area contributed by atoms with Crippen molar-refractivity contribution in [3.63, 3.8) is 0 Å². The van der Waals surface area contributed by atoms with Gasteiger partial charge in [0.05, 0.1) is 6.20 Å². The molecule has 3 rings (SSSR count). The third-order valence-electron chi connectivity index (χ3n) is 4.28. The molecule has 0 aromatic carbocycles. The number of nitrogens with one attached hydrogen (secondary N) is 1. The van der Waals surface area contributed by atoms with E-state index in [4.69, 9.17) is 4.74 Å². The summed E-state index contributed by atoms with van der Waals surface area (Å²) in [6, 6.07) is 2.81. The second kappa shape index (κ2) is 6.62. The lowest BCUT2D eigenvalue weighted by molar-refractivity contribution is 0.0988. The van der Waals surface area contributed by atoms with E-state index in [0.717, 1.165) is 26.0 Å². The van der Waals surface area contributed by atoms with Gasteiger partial charge in [-0.2, -0.15) is 10.2 Å². The number of hydrogen-bond acceptors (Lipinski definition) is 4. The van der Waals surface area contributed by atoms with Crippen LogP contribution in [0, 0.1) is 0 Å². The first kappa shape index (κ1) is 15.2. The maximum atomic E-state index is 5.92. The predicted octanol–water partition coefficient (Wildman–Crippen LogP) is 1.86. The van der Waals surface area contributed by atoms with Crippen molar-refractivity contribution in [2.75, 3.05) is 13.2 Å². The number of aryl methyl sites for hydroxylation is 1. The minimum Gasteiger partial charge on any atom is -0.372 e. The van der Waals surface area contributed by atoms with Crippen molar-refractivity contribution in [1.29, 1.82) is 0 Å². The molecule has 2 atom stereocenters. The molecule has 0 aliphatic carbocycles. The van der Waals surface area contributed by atoms with Crippen LogP contribution >= 0.6 is 0 Å². The van der Waals surface area contributed by atoms with Crippen molar-refractivity contribution >= 4 is 0 Å². The van der Waals surface area contributed by atoms with Crippen molar-refractivity contribution < 1.29 is 4.74 Å². The molecule has 3 heterocycles. The van der Waals surface area contributed by atoms with Crippen LogP contribution in [0.25, 0.3) is 0 Å². The fourth-order valence-corrected chi connectivity index (χ4v) is 2.94. The number of aromatic nitrogens is 4. The molecule has 0 saturated carbocycles. The van der Waals surface area contributed by atoms with Gasteiger partial charge in [-0.25, -0.2) is 0 Å². The molecule has 1 N–H and O–H groups in total. The average Bonchev–Trinajstić information content (AvgIpc) is 3.19. The smallest absolute Gasteiger partial charge is 0.101 e. The molecule has 0 amide bonds. The quantitative estimate of drug-likeness (QED) is 0.885. The van der Waals surface area contributed by atoms with E-state index in [0.29, 0.717) is 12.1 Å². The summed E-state index contributed by atoms with van der Waals surface area (Å²) in [5, 5.41) is 12.3. The zero-order valence-corrected chi connectivity index (χ0v) is 13.6. The largest absolute Gasteiger partial charge is 0.372 e. The Morgan fingerprint density at radius 3 is 2.95 bits per heavy atom. The minimum absolute atomic E-state index is 0.110. The summed E-state index contributed by atoms with van der Waals surface area (Å²) in [7, 11) is 1.98. The number of ether oxygens (including phenoxy) is 1. The van der Waals surface area contributed by atoms with Crippen LogP contribution in [-0.2, 0) is 18.2 Å². The Hall–Kier alpha value is -1.66. The molecule has 0 bridgehead atoms. The molecule has 2 aromatic heterocycles. The van der Waals surface area contributed by atoms with Gasteiger partial charge >= 0.3 is 0 Å². The summed E-state index contributed by atoms with van der Waals surface area (Å²) in [6.07, 6.45) is 8.02. The number of rotatable bonds is 6. The molecule has 0 spiro atoms. The molecule has 6 heteroatoms. The molecule has 1 aliphatic rings. The molecule has 1 aliphatic heterocycles. The van der Waals surface area contributed by atoms with Gasteiger partial charge in [0.2, 0.25) is 0 Å². The SMILES string of the molecule is CC(C)n1cc([C@H]2OCC[C@@H]2NCCc2ccnn2C)cn1. The Labute approximate surface area is 131 Å². The first-order chi connectivity index (χ1) is 10.6. The lowest BCUT2D eigenvalue weighted by Crippen LogP contribution is -2.33. The minimum atomic E-state index is 0.110. The highest BCUT2D eigenvalue weighted by molar-refractivity contribution is 5.13. The Kier molecular flexibility index (Phi) is 4.59. The van der Waals surface area contributed by atoms with Crippen LogP contribution in [0.4, 0.5) is 0 Å². The Bertz CT molecular complexity index is 603. The van der Waals surface area contributed by atoms with Gasteiger partial charge in [-0.05, 0) is 26.3 Å². The molecular formula is C16H25N5O. The van der Waals surface area contributed by atoms with Crippen molar-refractivity contribution in [2.24, 2.45) is 7.05 Å². The standard InChI is InChI=1S/C16H25N5O/c1-12(2)21-11-13(10-19-21)16-15(6-9-22-16)17-7-4-14-5-8-18-20(14)3/h5,8,10-12,15-17H,4,6-7,9H2,1-3H3/t15-,16+/m0/s1. The molecular weight excluding hydrogens is 278 g/mol. The third-order valence-corrected chi connectivity index (χ3v) is 4.28. The van der Waals surface area contributed by atoms with Gasteiger partial charge < -0.3 is 10.1 Å². The van der Waals surface area contributed by atoms with Crippen molar-refractivity contribution in [2.45, 2.75) is 44.9 Å². The number of nitrogens with zero attached hydrogens (tertiary/aromatic N) is 4. The normalized spacial score (nSPS) is 21.8. The van der Waals surface area contributed by atoms with E-state index in [2.05, 4.69) is 41.6 Å². The van der Waals surface area contributed by atoms with Crippen LogP contribution in [0.15, 0.2) is 24.7 Å². The van der Waals surface area contributed by atoms with Crippen LogP contribution in [0.1, 0.15) is 43.7 Å². The fourth-order valence-electron chi connectivity index (χ4n) is 2.94. The second-order valence-electron chi connectivity index (χ2n) is 6.18. The van der Waals surface area contributed by atoms with E-state index in [9.17, 15) is 0 Å². The molecule has 2 aromatic rings. The molecule has 120 valence electrons. The highest BCUT2D eigenvalue weighted by atomic mass is 16.5. The molecule has 1 saturated heterocycles. The maximum Gasteiger partial charge on any atom is 0.101 e. The summed E-state index contributed by atoms with van der Waals surface area (Å²) in [6.45, 7) is 6.01.